The Bertz CT molecular complexity index is 350. The largest absolute Gasteiger partial charge is 0.480 e. The van der Waals surface area contributed by atoms with Crippen LogP contribution < -0.4 is 5.32 Å². The summed E-state index contributed by atoms with van der Waals surface area (Å²) in [5.41, 5.74) is 2.32. The number of carboxylic acid groups (broad SMARTS) is 1. The Morgan fingerprint density at radius 2 is 2.25 bits per heavy atom. The zero-order valence-electron chi connectivity index (χ0n) is 9.86. The minimum atomic E-state index is -0.769. The lowest BCUT2D eigenvalue weighted by atomic mass is 10.1. The summed E-state index contributed by atoms with van der Waals surface area (Å²) in [7, 11) is 0. The van der Waals surface area contributed by atoms with E-state index in [1.54, 1.807) is 0 Å². The van der Waals surface area contributed by atoms with Gasteiger partial charge in [-0.15, -0.1) is 0 Å². The van der Waals surface area contributed by atoms with Crippen molar-refractivity contribution >= 4 is 5.97 Å². The highest BCUT2D eigenvalue weighted by molar-refractivity contribution is 5.73. The molecule has 3 nitrogen and oxygen atoms in total. The van der Waals surface area contributed by atoms with Gasteiger partial charge in [0.1, 0.15) is 6.04 Å². The fraction of sp³-hybridized carbons (Fsp3) is 0.462. The average molecular weight is 221 g/mol. The molecule has 0 aliphatic heterocycles. The first kappa shape index (κ1) is 12.7. The van der Waals surface area contributed by atoms with Crippen molar-refractivity contribution in [3.63, 3.8) is 0 Å². The number of rotatable bonds is 6. The summed E-state index contributed by atoms with van der Waals surface area (Å²) >= 11 is 0. The number of hydrogen-bond donors (Lipinski definition) is 2. The van der Waals surface area contributed by atoms with Gasteiger partial charge in [0.15, 0.2) is 0 Å². The van der Waals surface area contributed by atoms with Crippen molar-refractivity contribution < 1.29 is 9.90 Å². The van der Waals surface area contributed by atoms with Crippen LogP contribution in [0.25, 0.3) is 0 Å². The minimum Gasteiger partial charge on any atom is -0.480 e. The third kappa shape index (κ3) is 4.03. The van der Waals surface area contributed by atoms with E-state index in [0.29, 0.717) is 13.0 Å². The summed E-state index contributed by atoms with van der Waals surface area (Å²) < 4.78 is 0. The van der Waals surface area contributed by atoms with Crippen molar-refractivity contribution in [1.82, 2.24) is 5.32 Å². The Balaban J connectivity index is 2.51. The van der Waals surface area contributed by atoms with Crippen LogP contribution in [0.2, 0.25) is 0 Å². The van der Waals surface area contributed by atoms with Crippen molar-refractivity contribution in [3.8, 4) is 0 Å². The van der Waals surface area contributed by atoms with Gasteiger partial charge in [0.2, 0.25) is 0 Å². The fourth-order valence-electron chi connectivity index (χ4n) is 1.66. The fourth-order valence-corrected chi connectivity index (χ4v) is 1.66. The molecule has 0 heterocycles. The molecule has 0 aliphatic rings. The lowest BCUT2D eigenvalue weighted by molar-refractivity contribution is -0.139. The van der Waals surface area contributed by atoms with Crippen molar-refractivity contribution in [2.75, 3.05) is 0 Å². The third-order valence-electron chi connectivity index (χ3n) is 2.51. The van der Waals surface area contributed by atoms with Gasteiger partial charge >= 0.3 is 5.97 Å². The van der Waals surface area contributed by atoms with Crippen molar-refractivity contribution in [1.29, 1.82) is 0 Å². The molecule has 1 unspecified atom stereocenters. The first-order chi connectivity index (χ1) is 7.63. The molecule has 0 amide bonds. The van der Waals surface area contributed by atoms with Gasteiger partial charge in [-0.2, -0.15) is 0 Å². The highest BCUT2D eigenvalue weighted by Gasteiger charge is 2.14. The molecule has 0 saturated heterocycles. The number of nitrogens with one attached hydrogen (secondary N) is 1. The van der Waals surface area contributed by atoms with Crippen LogP contribution in [0.5, 0.6) is 0 Å². The van der Waals surface area contributed by atoms with Crippen LogP contribution in [0.1, 0.15) is 30.9 Å². The van der Waals surface area contributed by atoms with Crippen LogP contribution in [-0.4, -0.2) is 17.1 Å². The summed E-state index contributed by atoms with van der Waals surface area (Å²) in [5.74, 6) is -0.769. The van der Waals surface area contributed by atoms with Crippen LogP contribution >= 0.6 is 0 Å². The molecule has 0 spiro atoms. The Hall–Kier alpha value is -1.35. The lowest BCUT2D eigenvalue weighted by Crippen LogP contribution is -2.35. The van der Waals surface area contributed by atoms with E-state index >= 15 is 0 Å². The molecule has 1 aromatic rings. The first-order valence-corrected chi connectivity index (χ1v) is 5.65. The molecular formula is C13H19NO2. The van der Waals surface area contributed by atoms with Crippen molar-refractivity contribution in [3.05, 3.63) is 35.4 Å². The van der Waals surface area contributed by atoms with Crippen LogP contribution in [0.15, 0.2) is 24.3 Å². The second-order valence-corrected chi connectivity index (χ2v) is 4.05. The molecule has 16 heavy (non-hydrogen) atoms. The van der Waals surface area contributed by atoms with Gasteiger partial charge in [-0.3, -0.25) is 4.79 Å². The molecule has 1 rings (SSSR count). The number of aliphatic carboxylic acids is 1. The number of aryl methyl sites for hydroxylation is 1. The molecule has 3 heteroatoms. The van der Waals surface area contributed by atoms with E-state index in [9.17, 15) is 4.79 Å². The second kappa shape index (κ2) is 6.28. The van der Waals surface area contributed by atoms with E-state index < -0.39 is 12.0 Å². The van der Waals surface area contributed by atoms with E-state index in [0.717, 1.165) is 12.0 Å². The monoisotopic (exact) mass is 221 g/mol. The highest BCUT2D eigenvalue weighted by Crippen LogP contribution is 2.05. The van der Waals surface area contributed by atoms with Crippen LogP contribution in [0.4, 0.5) is 0 Å². The number of benzene rings is 1. The summed E-state index contributed by atoms with van der Waals surface area (Å²) in [6, 6.07) is 7.65. The highest BCUT2D eigenvalue weighted by atomic mass is 16.4. The summed E-state index contributed by atoms with van der Waals surface area (Å²) in [4.78, 5) is 10.9. The van der Waals surface area contributed by atoms with Crippen molar-refractivity contribution in [2.24, 2.45) is 0 Å². The summed E-state index contributed by atoms with van der Waals surface area (Å²) in [6.07, 6.45) is 1.54. The minimum absolute atomic E-state index is 0.439. The average Bonchev–Trinajstić information content (AvgIpc) is 2.24. The molecule has 0 bridgehead atoms. The summed E-state index contributed by atoms with van der Waals surface area (Å²) in [5, 5.41) is 12.0. The van der Waals surface area contributed by atoms with Gasteiger partial charge in [-0.25, -0.2) is 0 Å². The van der Waals surface area contributed by atoms with Crippen LogP contribution in [0.3, 0.4) is 0 Å². The maximum Gasteiger partial charge on any atom is 0.320 e. The maximum atomic E-state index is 10.9. The zero-order chi connectivity index (χ0) is 12.0. The molecule has 2 N–H and O–H groups in total. The first-order valence-electron chi connectivity index (χ1n) is 5.65. The predicted molar refractivity (Wildman–Crippen MR) is 64.4 cm³/mol. The molecule has 1 atom stereocenters. The molecule has 1 aromatic carbocycles. The summed E-state index contributed by atoms with van der Waals surface area (Å²) in [6.45, 7) is 4.63. The Morgan fingerprint density at radius 1 is 1.50 bits per heavy atom. The quantitative estimate of drug-likeness (QED) is 0.775. The van der Waals surface area contributed by atoms with Gasteiger partial charge in [-0.1, -0.05) is 43.2 Å². The predicted octanol–water partition coefficient (Wildman–Crippen LogP) is 2.34. The smallest absolute Gasteiger partial charge is 0.320 e. The molecule has 0 aromatic heterocycles. The van der Waals surface area contributed by atoms with Crippen LogP contribution in [0, 0.1) is 6.92 Å². The Morgan fingerprint density at radius 3 is 2.81 bits per heavy atom. The zero-order valence-corrected chi connectivity index (χ0v) is 9.86. The molecular weight excluding hydrogens is 202 g/mol. The molecule has 0 saturated carbocycles. The van der Waals surface area contributed by atoms with E-state index in [1.807, 2.05) is 32.0 Å². The van der Waals surface area contributed by atoms with E-state index in [4.69, 9.17) is 5.11 Å². The Labute approximate surface area is 96.5 Å². The van der Waals surface area contributed by atoms with Crippen molar-refractivity contribution in [2.45, 2.75) is 39.3 Å². The van der Waals surface area contributed by atoms with E-state index in [1.165, 1.54) is 5.56 Å². The topological polar surface area (TPSA) is 49.3 Å². The molecule has 0 radical (unpaired) electrons. The van der Waals surface area contributed by atoms with Gasteiger partial charge in [-0.05, 0) is 18.9 Å². The lowest BCUT2D eigenvalue weighted by Gasteiger charge is -2.13. The van der Waals surface area contributed by atoms with Gasteiger partial charge in [0.25, 0.3) is 0 Å². The molecule has 0 fully saturated rings. The molecule has 88 valence electrons. The number of carboxylic acids is 1. The van der Waals surface area contributed by atoms with Gasteiger partial charge in [0.05, 0.1) is 0 Å². The standard InChI is InChI=1S/C13H19NO2/c1-3-5-12(13(15)16)14-9-11-7-4-6-10(2)8-11/h4,6-8,12,14H,3,5,9H2,1-2H3,(H,15,16). The molecule has 0 aliphatic carbocycles. The maximum absolute atomic E-state index is 10.9. The van der Waals surface area contributed by atoms with Gasteiger partial charge in [0, 0.05) is 6.54 Å². The number of hydrogen-bond acceptors (Lipinski definition) is 2. The third-order valence-corrected chi connectivity index (χ3v) is 2.51. The normalized spacial score (nSPS) is 12.4. The number of carbonyl (C=O) groups is 1. The van der Waals surface area contributed by atoms with E-state index in [2.05, 4.69) is 11.4 Å². The second-order valence-electron chi connectivity index (χ2n) is 4.05. The Kier molecular flexibility index (Phi) is 4.99. The van der Waals surface area contributed by atoms with Crippen LogP contribution in [-0.2, 0) is 11.3 Å². The van der Waals surface area contributed by atoms with E-state index in [-0.39, 0.29) is 0 Å². The van der Waals surface area contributed by atoms with Gasteiger partial charge < -0.3 is 10.4 Å². The SMILES string of the molecule is CCCC(NCc1cccc(C)c1)C(=O)O.